The fraction of sp³-hybridized carbons (Fsp3) is 0.393. The second kappa shape index (κ2) is 9.13. The van der Waals surface area contributed by atoms with E-state index in [1.807, 2.05) is 23.0 Å². The van der Waals surface area contributed by atoms with E-state index in [9.17, 15) is 18.7 Å². The molecule has 9 nitrogen and oxygen atoms in total. The number of para-hydroxylation sites is 1. The van der Waals surface area contributed by atoms with Crippen LogP contribution in [0, 0.1) is 17.0 Å². The van der Waals surface area contributed by atoms with Crippen molar-refractivity contribution in [2.75, 3.05) is 41.5 Å². The number of carbonyl (C=O) groups excluding carboxylic acids is 1. The van der Waals surface area contributed by atoms with Gasteiger partial charge in [-0.05, 0) is 67.5 Å². The molecule has 1 aromatic heterocycles. The Bertz CT molecular complexity index is 1500. The molecule has 2 N–H and O–H groups in total. The van der Waals surface area contributed by atoms with Gasteiger partial charge in [0, 0.05) is 25.1 Å². The summed E-state index contributed by atoms with van der Waals surface area (Å²) in [7, 11) is 0. The van der Waals surface area contributed by atoms with Gasteiger partial charge in [-0.1, -0.05) is 6.07 Å². The molecule has 3 aromatic rings. The van der Waals surface area contributed by atoms with Crippen LogP contribution in [0.2, 0.25) is 0 Å². The molecule has 1 amide bonds. The van der Waals surface area contributed by atoms with Gasteiger partial charge < -0.3 is 20.1 Å². The number of amides is 1. The van der Waals surface area contributed by atoms with E-state index in [2.05, 4.69) is 15.3 Å². The number of benzene rings is 2. The van der Waals surface area contributed by atoms with Crippen LogP contribution in [-0.2, 0) is 9.53 Å². The smallest absolute Gasteiger partial charge is 0.276 e. The average molecular weight is 535 g/mol. The number of nitrogens with one attached hydrogen (secondary N) is 1. The van der Waals surface area contributed by atoms with Gasteiger partial charge in [-0.2, -0.15) is 10.2 Å². The number of fused-ring (bicyclic) bond motifs is 1. The van der Waals surface area contributed by atoms with Crippen LogP contribution in [0.3, 0.4) is 0 Å². The second-order valence-corrected chi connectivity index (χ2v) is 10.8. The molecule has 39 heavy (non-hydrogen) atoms. The summed E-state index contributed by atoms with van der Waals surface area (Å²) in [4.78, 5) is 15.8. The van der Waals surface area contributed by atoms with Gasteiger partial charge in [0.2, 0.25) is 0 Å². The molecule has 3 aliphatic heterocycles. The maximum atomic E-state index is 14.4. The number of hydrazone groups is 1. The minimum atomic E-state index is -1.43. The number of rotatable bonds is 5. The van der Waals surface area contributed by atoms with Crippen molar-refractivity contribution in [2.45, 2.75) is 38.0 Å². The van der Waals surface area contributed by atoms with Crippen LogP contribution in [0.1, 0.15) is 31.7 Å². The zero-order valence-corrected chi connectivity index (χ0v) is 21.2. The van der Waals surface area contributed by atoms with Gasteiger partial charge in [-0.25, -0.2) is 13.8 Å². The van der Waals surface area contributed by atoms with Crippen molar-refractivity contribution in [3.8, 4) is 0 Å². The van der Waals surface area contributed by atoms with E-state index in [4.69, 9.17) is 9.84 Å². The van der Waals surface area contributed by atoms with E-state index in [0.29, 0.717) is 24.3 Å². The lowest BCUT2D eigenvalue weighted by atomic mass is 10.1. The summed E-state index contributed by atoms with van der Waals surface area (Å²) in [6.07, 6.45) is 7.48. The number of carbonyl (C=O) groups is 1. The van der Waals surface area contributed by atoms with Crippen molar-refractivity contribution in [1.82, 2.24) is 9.78 Å². The van der Waals surface area contributed by atoms with E-state index in [-0.39, 0.29) is 11.8 Å². The molecule has 4 heterocycles. The van der Waals surface area contributed by atoms with E-state index in [0.717, 1.165) is 59.7 Å². The molecule has 2 saturated heterocycles. The molecule has 7 rings (SSSR count). The minimum Gasteiger partial charge on any atom is -0.379 e. The quantitative estimate of drug-likeness (QED) is 0.515. The second-order valence-electron chi connectivity index (χ2n) is 10.8. The van der Waals surface area contributed by atoms with E-state index >= 15 is 0 Å². The first-order chi connectivity index (χ1) is 18.9. The van der Waals surface area contributed by atoms with Gasteiger partial charge in [-0.15, -0.1) is 0 Å². The lowest BCUT2D eigenvalue weighted by molar-refractivity contribution is -0.110. The van der Waals surface area contributed by atoms with Crippen molar-refractivity contribution in [3.05, 3.63) is 60.3 Å². The third-order valence-corrected chi connectivity index (χ3v) is 8.26. The van der Waals surface area contributed by atoms with Gasteiger partial charge in [0.05, 0.1) is 35.7 Å². The number of aromatic nitrogens is 2. The van der Waals surface area contributed by atoms with Crippen LogP contribution in [0.5, 0.6) is 0 Å². The maximum absolute atomic E-state index is 14.4. The number of anilines is 3. The molecule has 0 bridgehead atoms. The fourth-order valence-electron chi connectivity index (χ4n) is 5.93. The lowest BCUT2D eigenvalue weighted by Crippen LogP contribution is -2.37. The molecule has 4 aliphatic rings. The Morgan fingerprint density at radius 2 is 1.95 bits per heavy atom. The molecule has 1 aliphatic carbocycles. The van der Waals surface area contributed by atoms with Crippen LogP contribution < -0.4 is 15.2 Å². The van der Waals surface area contributed by atoms with E-state index < -0.39 is 29.5 Å². The first kappa shape index (κ1) is 24.2. The van der Waals surface area contributed by atoms with Crippen LogP contribution in [0.4, 0.5) is 25.8 Å². The summed E-state index contributed by atoms with van der Waals surface area (Å²) >= 11 is 0. The topological polar surface area (TPSA) is 95.2 Å². The van der Waals surface area contributed by atoms with E-state index in [1.54, 1.807) is 0 Å². The number of ether oxygens (including phenoxy) is 1. The Hall–Kier alpha value is -3.83. The number of hydrogen-bond donors (Lipinski definition) is 2. The van der Waals surface area contributed by atoms with Crippen LogP contribution in [0.15, 0.2) is 53.8 Å². The largest absolute Gasteiger partial charge is 0.379 e. The van der Waals surface area contributed by atoms with E-state index in [1.165, 1.54) is 31.1 Å². The van der Waals surface area contributed by atoms with Crippen LogP contribution in [0.25, 0.3) is 10.9 Å². The van der Waals surface area contributed by atoms with Crippen LogP contribution >= 0.6 is 0 Å². The molecule has 2 aromatic carbocycles. The predicted molar refractivity (Wildman–Crippen MR) is 143 cm³/mol. The molecule has 11 heteroatoms. The highest BCUT2D eigenvalue weighted by Crippen LogP contribution is 2.54. The van der Waals surface area contributed by atoms with Crippen molar-refractivity contribution in [3.63, 3.8) is 0 Å². The molecule has 1 unspecified atom stereocenters. The van der Waals surface area contributed by atoms with Crippen molar-refractivity contribution >= 4 is 39.6 Å². The number of aliphatic hydroxyl groups excluding tert-OH is 1. The molecule has 2 atom stereocenters. The molecular weight excluding hydrogens is 506 g/mol. The first-order valence-corrected chi connectivity index (χ1v) is 13.2. The zero-order valence-electron chi connectivity index (χ0n) is 21.2. The molecule has 0 radical (unpaired) electrons. The monoisotopic (exact) mass is 534 g/mol. The minimum absolute atomic E-state index is 0.0899. The predicted octanol–water partition coefficient (Wildman–Crippen LogP) is 3.96. The summed E-state index contributed by atoms with van der Waals surface area (Å²) in [6.45, 7) is 3.13. The number of halogens is 2. The summed E-state index contributed by atoms with van der Waals surface area (Å²) in [5.74, 6) is -2.35. The van der Waals surface area contributed by atoms with Gasteiger partial charge in [-0.3, -0.25) is 9.48 Å². The summed E-state index contributed by atoms with van der Waals surface area (Å²) in [5.41, 5.74) is 2.24. The fourth-order valence-corrected chi connectivity index (χ4v) is 5.93. The number of nitrogens with zero attached hydrogens (tertiary/aromatic N) is 5. The van der Waals surface area contributed by atoms with Crippen LogP contribution in [-0.4, -0.2) is 59.0 Å². The first-order valence-electron chi connectivity index (χ1n) is 13.2. The zero-order chi connectivity index (χ0) is 26.7. The summed E-state index contributed by atoms with van der Waals surface area (Å²) < 4.78 is 36.5. The Kier molecular flexibility index (Phi) is 5.67. The molecule has 3 fully saturated rings. The highest BCUT2D eigenvalue weighted by atomic mass is 19.1. The standard InChI is InChI=1S/C28H28F2N6O3/c29-19-2-1-3-20(30)26(19)36-24(37)7-5-22(33-36)27(38)32-21-4-6-23-18(14-31-35(23)17-8-13-39-15-17)25(21)34-12-11-28(16-34)9-10-28/h1-7,14,17,24,37H,8-13,15-16H2,(H,32,38)/t17-,24?/m1/s1. The Morgan fingerprint density at radius 3 is 2.67 bits per heavy atom. The number of hydrogen-bond acceptors (Lipinski definition) is 7. The SMILES string of the molecule is O=C(Nc1ccc2c(cnn2[C@@H]2CCOC2)c1N1CCC2(CC2)C1)C1=NN(c2c(F)cccc2F)C(O)C=C1. The molecular formula is C28H28F2N6O3. The highest BCUT2D eigenvalue weighted by Gasteiger charge is 2.48. The Morgan fingerprint density at radius 1 is 1.13 bits per heavy atom. The van der Waals surface area contributed by atoms with Gasteiger partial charge in [0.15, 0.2) is 17.9 Å². The summed E-state index contributed by atoms with van der Waals surface area (Å²) in [5, 5.41) is 23.9. The Labute approximate surface area is 223 Å². The van der Waals surface area contributed by atoms with Gasteiger partial charge >= 0.3 is 0 Å². The molecule has 202 valence electrons. The maximum Gasteiger partial charge on any atom is 0.276 e. The van der Waals surface area contributed by atoms with Crippen molar-refractivity contribution in [2.24, 2.45) is 10.5 Å². The average Bonchev–Trinajstić information content (AvgIpc) is 3.28. The highest BCUT2D eigenvalue weighted by molar-refractivity contribution is 6.47. The lowest BCUT2D eigenvalue weighted by Gasteiger charge is -2.27. The van der Waals surface area contributed by atoms with Gasteiger partial charge in [0.25, 0.3) is 5.91 Å². The Balaban J connectivity index is 1.24. The summed E-state index contributed by atoms with van der Waals surface area (Å²) in [6, 6.07) is 7.36. The normalized spacial score (nSPS) is 23.6. The molecule has 1 saturated carbocycles. The molecule has 1 spiro atoms. The van der Waals surface area contributed by atoms with Crippen molar-refractivity contribution in [1.29, 1.82) is 0 Å². The third kappa shape index (κ3) is 4.16. The van der Waals surface area contributed by atoms with Crippen molar-refractivity contribution < 1.29 is 23.4 Å². The number of aliphatic hydroxyl groups is 1. The third-order valence-electron chi connectivity index (χ3n) is 8.26. The van der Waals surface area contributed by atoms with Gasteiger partial charge in [0.1, 0.15) is 11.4 Å².